The molecule has 104 valence electrons. The molecule has 0 amide bonds. The van der Waals surface area contributed by atoms with Crippen LogP contribution in [0.15, 0.2) is 36.4 Å². The Bertz CT molecular complexity index is 397. The maximum atomic E-state index is 10.6. The Balaban J connectivity index is 2.12. The predicted molar refractivity (Wildman–Crippen MR) is 70.1 cm³/mol. The standard InChI is InChI=1S/C14H18O5/c1-16-13-7-5-12(6-8-13)11-18-9-3-4-10-19-14(15)17-2/h3-8H,9-11H2,1-2H3/b4-3+. The first-order valence-electron chi connectivity index (χ1n) is 5.82. The topological polar surface area (TPSA) is 54.0 Å². The van der Waals surface area contributed by atoms with E-state index in [1.807, 2.05) is 24.3 Å². The van der Waals surface area contributed by atoms with Gasteiger partial charge in [0.25, 0.3) is 0 Å². The van der Waals surface area contributed by atoms with Gasteiger partial charge in [-0.3, -0.25) is 0 Å². The van der Waals surface area contributed by atoms with Gasteiger partial charge in [-0.2, -0.15) is 0 Å². The summed E-state index contributed by atoms with van der Waals surface area (Å²) in [5.41, 5.74) is 1.07. The first-order chi connectivity index (χ1) is 9.26. The van der Waals surface area contributed by atoms with Crippen LogP contribution in [0.1, 0.15) is 5.56 Å². The van der Waals surface area contributed by atoms with Gasteiger partial charge in [0.15, 0.2) is 0 Å². The minimum atomic E-state index is -0.691. The largest absolute Gasteiger partial charge is 0.508 e. The third kappa shape index (κ3) is 6.47. The van der Waals surface area contributed by atoms with E-state index in [1.165, 1.54) is 7.11 Å². The number of hydrogen-bond donors (Lipinski definition) is 0. The van der Waals surface area contributed by atoms with Gasteiger partial charge in [-0.15, -0.1) is 0 Å². The normalized spacial score (nSPS) is 10.4. The summed E-state index contributed by atoms with van der Waals surface area (Å²) in [4.78, 5) is 10.6. The van der Waals surface area contributed by atoms with Gasteiger partial charge < -0.3 is 18.9 Å². The minimum Gasteiger partial charge on any atom is -0.497 e. The van der Waals surface area contributed by atoms with Crippen LogP contribution in [0, 0.1) is 0 Å². The van der Waals surface area contributed by atoms with Gasteiger partial charge in [0.1, 0.15) is 12.4 Å². The first kappa shape index (κ1) is 15.0. The van der Waals surface area contributed by atoms with Crippen molar-refractivity contribution >= 4 is 6.16 Å². The summed E-state index contributed by atoms with van der Waals surface area (Å²) in [6.07, 6.45) is 2.79. The molecular weight excluding hydrogens is 248 g/mol. The summed E-state index contributed by atoms with van der Waals surface area (Å²) in [6, 6.07) is 7.67. The lowest BCUT2D eigenvalue weighted by Gasteiger charge is -2.03. The monoisotopic (exact) mass is 266 g/mol. The van der Waals surface area contributed by atoms with Crippen LogP contribution in [0.4, 0.5) is 4.79 Å². The zero-order valence-corrected chi connectivity index (χ0v) is 11.1. The maximum absolute atomic E-state index is 10.6. The lowest BCUT2D eigenvalue weighted by Crippen LogP contribution is -2.03. The van der Waals surface area contributed by atoms with Crippen molar-refractivity contribution in [2.75, 3.05) is 27.4 Å². The average molecular weight is 266 g/mol. The number of benzene rings is 1. The first-order valence-corrected chi connectivity index (χ1v) is 5.82. The van der Waals surface area contributed by atoms with E-state index >= 15 is 0 Å². The molecule has 0 aliphatic carbocycles. The number of carbonyl (C=O) groups is 1. The van der Waals surface area contributed by atoms with E-state index in [4.69, 9.17) is 9.47 Å². The maximum Gasteiger partial charge on any atom is 0.508 e. The highest BCUT2D eigenvalue weighted by molar-refractivity contribution is 5.59. The van der Waals surface area contributed by atoms with E-state index in [2.05, 4.69) is 9.47 Å². The molecule has 5 heteroatoms. The summed E-state index contributed by atoms with van der Waals surface area (Å²) < 4.78 is 19.5. The molecular formula is C14H18O5. The Hall–Kier alpha value is -2.01. The van der Waals surface area contributed by atoms with Crippen LogP contribution in [-0.2, 0) is 20.8 Å². The Morgan fingerprint density at radius 2 is 1.79 bits per heavy atom. The zero-order valence-electron chi connectivity index (χ0n) is 11.1. The quantitative estimate of drug-likeness (QED) is 0.431. The van der Waals surface area contributed by atoms with Crippen LogP contribution in [0.2, 0.25) is 0 Å². The van der Waals surface area contributed by atoms with Crippen LogP contribution in [-0.4, -0.2) is 33.6 Å². The molecule has 0 aliphatic heterocycles. The van der Waals surface area contributed by atoms with Crippen molar-refractivity contribution in [3.8, 4) is 5.75 Å². The number of rotatable bonds is 7. The minimum absolute atomic E-state index is 0.179. The number of carbonyl (C=O) groups excluding carboxylic acids is 1. The van der Waals surface area contributed by atoms with Crippen molar-refractivity contribution in [2.24, 2.45) is 0 Å². The van der Waals surface area contributed by atoms with Gasteiger partial charge in [0.05, 0.1) is 27.4 Å². The highest BCUT2D eigenvalue weighted by Gasteiger charge is 1.96. The molecule has 0 unspecified atom stereocenters. The molecule has 0 spiro atoms. The summed E-state index contributed by atoms with van der Waals surface area (Å²) in [7, 11) is 2.90. The number of methoxy groups -OCH3 is 2. The molecule has 0 aliphatic rings. The summed E-state index contributed by atoms with van der Waals surface area (Å²) in [5.74, 6) is 0.823. The third-order valence-electron chi connectivity index (χ3n) is 2.27. The van der Waals surface area contributed by atoms with Gasteiger partial charge in [-0.1, -0.05) is 18.2 Å². The van der Waals surface area contributed by atoms with Crippen molar-refractivity contribution in [3.05, 3.63) is 42.0 Å². The van der Waals surface area contributed by atoms with Crippen molar-refractivity contribution in [3.63, 3.8) is 0 Å². The van der Waals surface area contributed by atoms with Crippen LogP contribution in [0.3, 0.4) is 0 Å². The molecule has 1 aromatic carbocycles. The van der Waals surface area contributed by atoms with Crippen molar-refractivity contribution in [2.45, 2.75) is 6.61 Å². The molecule has 1 aromatic rings. The molecule has 0 saturated carbocycles. The van der Waals surface area contributed by atoms with Crippen LogP contribution in [0.25, 0.3) is 0 Å². The van der Waals surface area contributed by atoms with Gasteiger partial charge in [0.2, 0.25) is 0 Å². The van der Waals surface area contributed by atoms with E-state index in [1.54, 1.807) is 19.3 Å². The molecule has 5 nitrogen and oxygen atoms in total. The zero-order chi connectivity index (χ0) is 13.9. The van der Waals surface area contributed by atoms with Crippen molar-refractivity contribution < 1.29 is 23.7 Å². The summed E-state index contributed by atoms with van der Waals surface area (Å²) >= 11 is 0. The number of ether oxygens (including phenoxy) is 4. The number of hydrogen-bond acceptors (Lipinski definition) is 5. The summed E-state index contributed by atoms with van der Waals surface area (Å²) in [5, 5.41) is 0. The lowest BCUT2D eigenvalue weighted by molar-refractivity contribution is 0.0814. The van der Waals surface area contributed by atoms with E-state index in [9.17, 15) is 4.79 Å². The molecule has 1 rings (SSSR count). The molecule has 0 radical (unpaired) electrons. The van der Waals surface area contributed by atoms with E-state index in [0.717, 1.165) is 11.3 Å². The van der Waals surface area contributed by atoms with E-state index in [-0.39, 0.29) is 6.61 Å². The Kier molecular flexibility index (Phi) is 7.12. The Labute approximate surface area is 112 Å². The molecule has 19 heavy (non-hydrogen) atoms. The van der Waals surface area contributed by atoms with Crippen LogP contribution >= 0.6 is 0 Å². The van der Waals surface area contributed by atoms with Gasteiger partial charge in [-0.05, 0) is 23.8 Å². The van der Waals surface area contributed by atoms with Crippen molar-refractivity contribution in [1.29, 1.82) is 0 Å². The smallest absolute Gasteiger partial charge is 0.497 e. The summed E-state index contributed by atoms with van der Waals surface area (Å²) in [6.45, 7) is 1.15. The molecule has 0 N–H and O–H groups in total. The van der Waals surface area contributed by atoms with E-state index < -0.39 is 6.16 Å². The van der Waals surface area contributed by atoms with Crippen LogP contribution < -0.4 is 4.74 Å². The Morgan fingerprint density at radius 3 is 2.42 bits per heavy atom. The van der Waals surface area contributed by atoms with Crippen molar-refractivity contribution in [1.82, 2.24) is 0 Å². The fourth-order valence-electron chi connectivity index (χ4n) is 1.28. The highest BCUT2D eigenvalue weighted by atomic mass is 16.7. The average Bonchev–Trinajstić information content (AvgIpc) is 2.46. The molecule has 0 heterocycles. The molecule has 0 fully saturated rings. The van der Waals surface area contributed by atoms with Gasteiger partial charge in [0, 0.05) is 0 Å². The molecule has 0 saturated heterocycles. The lowest BCUT2D eigenvalue weighted by atomic mass is 10.2. The Morgan fingerprint density at radius 1 is 1.11 bits per heavy atom. The fraction of sp³-hybridized carbons (Fsp3) is 0.357. The predicted octanol–water partition coefficient (Wildman–Crippen LogP) is 2.55. The van der Waals surface area contributed by atoms with Gasteiger partial charge in [-0.25, -0.2) is 4.79 Å². The molecule has 0 aromatic heterocycles. The fourth-order valence-corrected chi connectivity index (χ4v) is 1.28. The highest BCUT2D eigenvalue weighted by Crippen LogP contribution is 2.11. The SMILES string of the molecule is COC(=O)OC/C=C/COCc1ccc(OC)cc1. The molecule has 0 bridgehead atoms. The third-order valence-corrected chi connectivity index (χ3v) is 2.27. The second-order valence-corrected chi connectivity index (χ2v) is 3.60. The van der Waals surface area contributed by atoms with Gasteiger partial charge >= 0.3 is 6.16 Å². The van der Waals surface area contributed by atoms with Crippen LogP contribution in [0.5, 0.6) is 5.75 Å². The second-order valence-electron chi connectivity index (χ2n) is 3.60. The second kappa shape index (κ2) is 8.99. The molecule has 0 atom stereocenters. The van der Waals surface area contributed by atoms with E-state index in [0.29, 0.717) is 13.2 Å².